The zero-order chi connectivity index (χ0) is 11.9. The van der Waals surface area contributed by atoms with Crippen molar-refractivity contribution in [3.05, 3.63) is 85.6 Å². The van der Waals surface area contributed by atoms with Crippen molar-refractivity contribution in [2.24, 2.45) is 0 Å². The number of hydrogen-bond donors (Lipinski definition) is 0. The monoisotopic (exact) mass is 216 g/mol. The highest BCUT2D eigenvalue weighted by atomic mass is 19.1. The van der Waals surface area contributed by atoms with Crippen molar-refractivity contribution < 1.29 is 4.39 Å². The maximum atomic E-state index is 11.6. The summed E-state index contributed by atoms with van der Waals surface area (Å²) >= 11 is 0. The molecule has 0 spiro atoms. The number of hydrogen-bond acceptors (Lipinski definition) is 0. The molecule has 1 heteroatoms. The van der Waals surface area contributed by atoms with Gasteiger partial charge in [-0.25, -0.2) is 4.39 Å². The molecule has 0 fully saturated rings. The Morgan fingerprint density at radius 3 is 1.38 bits per heavy atom. The molecule has 0 aromatic heterocycles. The Morgan fingerprint density at radius 2 is 1.00 bits per heavy atom. The molecule has 0 aromatic rings. The van der Waals surface area contributed by atoms with E-state index in [0.29, 0.717) is 0 Å². The van der Waals surface area contributed by atoms with E-state index in [1.165, 1.54) is 6.08 Å². The Bertz CT molecular complexity index is 325. The van der Waals surface area contributed by atoms with Crippen LogP contribution in [0.15, 0.2) is 85.6 Å². The molecule has 0 amide bonds. The molecule has 0 aromatic carbocycles. The van der Waals surface area contributed by atoms with Gasteiger partial charge in [-0.15, -0.1) is 0 Å². The minimum Gasteiger partial charge on any atom is -0.247 e. The summed E-state index contributed by atoms with van der Waals surface area (Å²) in [5.74, 6) is 0. The zero-order valence-corrected chi connectivity index (χ0v) is 9.30. The second-order valence-electron chi connectivity index (χ2n) is 2.74. The molecular weight excluding hydrogens is 199 g/mol. The van der Waals surface area contributed by atoms with Crippen LogP contribution in [-0.2, 0) is 0 Å². The Morgan fingerprint density at radius 1 is 0.625 bits per heavy atom. The number of allylic oxidation sites excluding steroid dienone is 13. The lowest BCUT2D eigenvalue weighted by atomic mass is 10.3. The van der Waals surface area contributed by atoms with E-state index in [1.807, 2.05) is 54.7 Å². The van der Waals surface area contributed by atoms with Gasteiger partial charge in [-0.05, 0) is 0 Å². The number of rotatable bonds is 7. The van der Waals surface area contributed by atoms with E-state index in [9.17, 15) is 4.39 Å². The van der Waals surface area contributed by atoms with E-state index in [0.717, 1.165) is 0 Å². The highest BCUT2D eigenvalue weighted by Gasteiger charge is 1.65. The summed E-state index contributed by atoms with van der Waals surface area (Å²) in [7, 11) is 0. The molecular formula is C15H17F. The molecule has 16 heavy (non-hydrogen) atoms. The first kappa shape index (κ1) is 14.1. The molecule has 84 valence electrons. The van der Waals surface area contributed by atoms with Gasteiger partial charge < -0.3 is 0 Å². The molecule has 0 unspecified atom stereocenters. The fourth-order valence-electron chi connectivity index (χ4n) is 0.786. The van der Waals surface area contributed by atoms with Crippen molar-refractivity contribution in [1.82, 2.24) is 0 Å². The van der Waals surface area contributed by atoms with Crippen LogP contribution in [0.3, 0.4) is 0 Å². The van der Waals surface area contributed by atoms with Crippen LogP contribution in [0.25, 0.3) is 0 Å². The summed E-state index contributed by atoms with van der Waals surface area (Å²) in [4.78, 5) is 0. The van der Waals surface area contributed by atoms with E-state index in [4.69, 9.17) is 0 Å². The van der Waals surface area contributed by atoms with Gasteiger partial charge in [0.15, 0.2) is 0 Å². The third-order valence-corrected chi connectivity index (χ3v) is 1.47. The maximum absolute atomic E-state index is 11.6. The van der Waals surface area contributed by atoms with Gasteiger partial charge in [-0.2, -0.15) is 0 Å². The maximum Gasteiger partial charge on any atom is 0.108 e. The lowest BCUT2D eigenvalue weighted by molar-refractivity contribution is 0.562. The van der Waals surface area contributed by atoms with Crippen molar-refractivity contribution in [2.75, 3.05) is 6.67 Å². The van der Waals surface area contributed by atoms with Crippen LogP contribution >= 0.6 is 0 Å². The normalized spacial score (nSPS) is 13.6. The van der Waals surface area contributed by atoms with Gasteiger partial charge in [0.2, 0.25) is 0 Å². The van der Waals surface area contributed by atoms with Crippen molar-refractivity contribution in [2.45, 2.75) is 0 Å². The predicted molar refractivity (Wildman–Crippen MR) is 71.0 cm³/mol. The van der Waals surface area contributed by atoms with E-state index < -0.39 is 6.67 Å². The van der Waals surface area contributed by atoms with Gasteiger partial charge in [-0.1, -0.05) is 85.6 Å². The van der Waals surface area contributed by atoms with Gasteiger partial charge in [0.25, 0.3) is 0 Å². The fraction of sp³-hybridized carbons (Fsp3) is 0.0667. The first-order valence-corrected chi connectivity index (χ1v) is 5.08. The summed E-state index contributed by atoms with van der Waals surface area (Å²) in [5.41, 5.74) is 0. The summed E-state index contributed by atoms with van der Waals surface area (Å²) < 4.78 is 11.6. The van der Waals surface area contributed by atoms with Crippen LogP contribution in [0.4, 0.5) is 4.39 Å². The first-order valence-electron chi connectivity index (χ1n) is 5.08. The second kappa shape index (κ2) is 13.1. The average molecular weight is 216 g/mol. The Kier molecular flexibility index (Phi) is 11.6. The SMILES string of the molecule is C=C/C=C/C=C/C=C/C=C/C=C/C=C/CF. The topological polar surface area (TPSA) is 0 Å². The molecule has 0 heterocycles. The molecule has 0 nitrogen and oxygen atoms in total. The van der Waals surface area contributed by atoms with Crippen molar-refractivity contribution in [1.29, 1.82) is 0 Å². The van der Waals surface area contributed by atoms with E-state index in [2.05, 4.69) is 6.58 Å². The number of alkyl halides is 1. The summed E-state index contributed by atoms with van der Waals surface area (Å²) in [6, 6.07) is 0. The molecule has 0 radical (unpaired) electrons. The molecule has 0 aliphatic heterocycles. The van der Waals surface area contributed by atoms with Crippen molar-refractivity contribution in [3.63, 3.8) is 0 Å². The first-order chi connectivity index (χ1) is 7.91. The van der Waals surface area contributed by atoms with E-state index in [1.54, 1.807) is 18.2 Å². The van der Waals surface area contributed by atoms with Gasteiger partial charge in [0, 0.05) is 0 Å². The third kappa shape index (κ3) is 12.1. The molecule has 0 aliphatic carbocycles. The number of halogens is 1. The Labute approximate surface area is 97.2 Å². The van der Waals surface area contributed by atoms with E-state index >= 15 is 0 Å². The zero-order valence-electron chi connectivity index (χ0n) is 9.30. The lowest BCUT2D eigenvalue weighted by Gasteiger charge is -1.74. The van der Waals surface area contributed by atoms with Crippen LogP contribution in [-0.4, -0.2) is 6.67 Å². The molecule has 0 atom stereocenters. The van der Waals surface area contributed by atoms with Crippen LogP contribution < -0.4 is 0 Å². The molecule has 0 saturated heterocycles. The van der Waals surface area contributed by atoms with Gasteiger partial charge >= 0.3 is 0 Å². The summed E-state index contributed by atoms with van der Waals surface area (Å²) in [6.45, 7) is 3.14. The molecule has 0 saturated carbocycles. The van der Waals surface area contributed by atoms with Crippen LogP contribution in [0, 0.1) is 0 Å². The highest BCUT2D eigenvalue weighted by molar-refractivity contribution is 5.20. The molecule has 0 aliphatic rings. The van der Waals surface area contributed by atoms with Gasteiger partial charge in [0.05, 0.1) is 0 Å². The van der Waals surface area contributed by atoms with Crippen LogP contribution in [0.2, 0.25) is 0 Å². The van der Waals surface area contributed by atoms with Crippen molar-refractivity contribution in [3.8, 4) is 0 Å². The second-order valence-corrected chi connectivity index (χ2v) is 2.74. The molecule has 0 bridgehead atoms. The smallest absolute Gasteiger partial charge is 0.108 e. The summed E-state index contributed by atoms with van der Waals surface area (Å²) in [5, 5.41) is 0. The molecule has 0 N–H and O–H groups in total. The van der Waals surface area contributed by atoms with Crippen LogP contribution in [0.1, 0.15) is 0 Å². The largest absolute Gasteiger partial charge is 0.247 e. The van der Waals surface area contributed by atoms with Gasteiger partial charge in [0.1, 0.15) is 6.67 Å². The highest BCUT2D eigenvalue weighted by Crippen LogP contribution is 1.85. The Hall–Kier alpha value is -1.89. The third-order valence-electron chi connectivity index (χ3n) is 1.47. The fourth-order valence-corrected chi connectivity index (χ4v) is 0.786. The Balaban J connectivity index is 3.74. The standard InChI is InChI=1S/C15H17F/c1-2-3-4-5-6-7-8-9-10-11-12-13-14-15-16/h2-14H,1,15H2/b4-3+,6-5+,8-7+,10-9+,12-11+,14-13+. The van der Waals surface area contributed by atoms with Crippen molar-refractivity contribution >= 4 is 0 Å². The van der Waals surface area contributed by atoms with Gasteiger partial charge in [-0.3, -0.25) is 0 Å². The quantitative estimate of drug-likeness (QED) is 0.550. The average Bonchev–Trinajstić information content (AvgIpc) is 2.31. The minimum atomic E-state index is -0.420. The minimum absolute atomic E-state index is 0.420. The molecule has 0 rings (SSSR count). The lowest BCUT2D eigenvalue weighted by Crippen LogP contribution is -1.57. The van der Waals surface area contributed by atoms with E-state index in [-0.39, 0.29) is 0 Å². The van der Waals surface area contributed by atoms with Crippen LogP contribution in [0.5, 0.6) is 0 Å². The predicted octanol–water partition coefficient (Wildman–Crippen LogP) is 4.48. The summed E-state index contributed by atoms with van der Waals surface area (Å²) in [6.07, 6.45) is 23.7.